The van der Waals surface area contributed by atoms with Crippen LogP contribution in [0.15, 0.2) is 67.0 Å². The highest BCUT2D eigenvalue weighted by atomic mass is 16.1. The standard InChI is InChI=1S/C21H21N3O/c25-20(18-8-6-17(7-9-18)19-13-23-24-14-19)22-15-21(10-11-21)12-16-4-2-1-3-5-16/h1-9,13-14H,10-12,15H2,(H,22,25)(H,23,24). The number of amides is 1. The minimum Gasteiger partial charge on any atom is -0.351 e. The maximum Gasteiger partial charge on any atom is 0.251 e. The van der Waals surface area contributed by atoms with Crippen LogP contribution in [-0.4, -0.2) is 22.6 Å². The van der Waals surface area contributed by atoms with E-state index in [1.165, 1.54) is 18.4 Å². The minimum absolute atomic E-state index is 0.00178. The number of aromatic amines is 1. The van der Waals surface area contributed by atoms with Crippen molar-refractivity contribution < 1.29 is 4.79 Å². The Labute approximate surface area is 147 Å². The van der Waals surface area contributed by atoms with Gasteiger partial charge in [0.05, 0.1) is 6.20 Å². The molecule has 1 aliphatic rings. The van der Waals surface area contributed by atoms with Crippen LogP contribution in [0.2, 0.25) is 0 Å². The number of nitrogens with zero attached hydrogens (tertiary/aromatic N) is 1. The third-order valence-electron chi connectivity index (χ3n) is 4.98. The molecule has 126 valence electrons. The molecule has 4 rings (SSSR count). The van der Waals surface area contributed by atoms with E-state index in [0.29, 0.717) is 5.56 Å². The fourth-order valence-electron chi connectivity index (χ4n) is 3.21. The second-order valence-electron chi connectivity index (χ2n) is 6.91. The van der Waals surface area contributed by atoms with Gasteiger partial charge in [-0.05, 0) is 47.9 Å². The summed E-state index contributed by atoms with van der Waals surface area (Å²) in [6.45, 7) is 0.740. The Morgan fingerprint density at radius 2 is 1.80 bits per heavy atom. The Bertz CT molecular complexity index is 835. The molecule has 1 amide bonds. The highest BCUT2D eigenvalue weighted by Gasteiger charge is 2.42. The molecule has 0 bridgehead atoms. The van der Waals surface area contributed by atoms with Crippen LogP contribution >= 0.6 is 0 Å². The van der Waals surface area contributed by atoms with Gasteiger partial charge in [0.15, 0.2) is 0 Å². The molecule has 1 aromatic heterocycles. The first kappa shape index (κ1) is 15.6. The minimum atomic E-state index is -0.00178. The Hall–Kier alpha value is -2.88. The van der Waals surface area contributed by atoms with Gasteiger partial charge in [0.25, 0.3) is 5.91 Å². The number of H-pyrrole nitrogens is 1. The normalized spacial score (nSPS) is 14.9. The van der Waals surface area contributed by atoms with E-state index in [-0.39, 0.29) is 11.3 Å². The lowest BCUT2D eigenvalue weighted by Crippen LogP contribution is -2.31. The van der Waals surface area contributed by atoms with Gasteiger partial charge in [-0.2, -0.15) is 5.10 Å². The van der Waals surface area contributed by atoms with Crippen LogP contribution in [0.1, 0.15) is 28.8 Å². The van der Waals surface area contributed by atoms with E-state index in [9.17, 15) is 4.79 Å². The quantitative estimate of drug-likeness (QED) is 0.721. The SMILES string of the molecule is O=C(NCC1(Cc2ccccc2)CC1)c1ccc(-c2cn[nH]c2)cc1. The first-order valence-corrected chi connectivity index (χ1v) is 8.66. The van der Waals surface area contributed by atoms with Crippen molar-refractivity contribution in [2.24, 2.45) is 5.41 Å². The first-order chi connectivity index (χ1) is 12.2. The zero-order valence-corrected chi connectivity index (χ0v) is 14.0. The summed E-state index contributed by atoms with van der Waals surface area (Å²) >= 11 is 0. The molecule has 2 aromatic carbocycles. The molecule has 25 heavy (non-hydrogen) atoms. The van der Waals surface area contributed by atoms with Crippen molar-refractivity contribution in [1.82, 2.24) is 15.5 Å². The van der Waals surface area contributed by atoms with Crippen LogP contribution < -0.4 is 5.32 Å². The molecule has 0 radical (unpaired) electrons. The molecule has 4 heteroatoms. The highest BCUT2D eigenvalue weighted by molar-refractivity contribution is 5.94. The molecule has 0 spiro atoms. The van der Waals surface area contributed by atoms with Crippen LogP contribution in [0.5, 0.6) is 0 Å². The van der Waals surface area contributed by atoms with E-state index in [1.54, 1.807) is 6.20 Å². The summed E-state index contributed by atoms with van der Waals surface area (Å²) < 4.78 is 0. The lowest BCUT2D eigenvalue weighted by atomic mass is 9.96. The van der Waals surface area contributed by atoms with Gasteiger partial charge in [-0.3, -0.25) is 9.89 Å². The largest absolute Gasteiger partial charge is 0.351 e. The Balaban J connectivity index is 1.36. The smallest absolute Gasteiger partial charge is 0.251 e. The number of rotatable bonds is 6. The summed E-state index contributed by atoms with van der Waals surface area (Å²) in [4.78, 5) is 12.4. The number of aromatic nitrogens is 2. The average molecular weight is 331 g/mol. The number of carbonyl (C=O) groups is 1. The van der Waals surface area contributed by atoms with E-state index in [4.69, 9.17) is 0 Å². The van der Waals surface area contributed by atoms with Gasteiger partial charge in [-0.25, -0.2) is 0 Å². The fraction of sp³-hybridized carbons (Fsp3) is 0.238. The van der Waals surface area contributed by atoms with Crippen molar-refractivity contribution in [3.05, 3.63) is 78.1 Å². The van der Waals surface area contributed by atoms with Crippen molar-refractivity contribution in [2.75, 3.05) is 6.54 Å². The summed E-state index contributed by atoms with van der Waals surface area (Å²) in [7, 11) is 0. The molecule has 1 fully saturated rings. The van der Waals surface area contributed by atoms with Gasteiger partial charge in [-0.1, -0.05) is 42.5 Å². The molecule has 1 aliphatic carbocycles. The lowest BCUT2D eigenvalue weighted by Gasteiger charge is -2.16. The number of nitrogens with one attached hydrogen (secondary N) is 2. The van der Waals surface area contributed by atoms with Crippen molar-refractivity contribution >= 4 is 5.91 Å². The fourth-order valence-corrected chi connectivity index (χ4v) is 3.21. The van der Waals surface area contributed by atoms with E-state index in [2.05, 4.69) is 39.8 Å². The molecule has 3 aromatic rings. The van der Waals surface area contributed by atoms with Crippen molar-refractivity contribution in [3.8, 4) is 11.1 Å². The molecule has 0 aliphatic heterocycles. The van der Waals surface area contributed by atoms with Gasteiger partial charge in [0.2, 0.25) is 0 Å². The number of hydrogen-bond acceptors (Lipinski definition) is 2. The molecule has 4 nitrogen and oxygen atoms in total. The maximum atomic E-state index is 12.4. The van der Waals surface area contributed by atoms with E-state index < -0.39 is 0 Å². The van der Waals surface area contributed by atoms with E-state index >= 15 is 0 Å². The Morgan fingerprint density at radius 1 is 1.04 bits per heavy atom. The van der Waals surface area contributed by atoms with Gasteiger partial charge in [0, 0.05) is 23.9 Å². The summed E-state index contributed by atoms with van der Waals surface area (Å²) in [5, 5.41) is 9.87. The third-order valence-corrected chi connectivity index (χ3v) is 4.98. The number of hydrogen-bond donors (Lipinski definition) is 2. The highest BCUT2D eigenvalue weighted by Crippen LogP contribution is 2.47. The molecule has 0 unspecified atom stereocenters. The van der Waals surface area contributed by atoms with Gasteiger partial charge in [0.1, 0.15) is 0 Å². The zero-order chi connectivity index (χ0) is 17.1. The summed E-state index contributed by atoms with van der Waals surface area (Å²) in [5.41, 5.74) is 4.36. The van der Waals surface area contributed by atoms with Crippen molar-refractivity contribution in [1.29, 1.82) is 0 Å². The van der Waals surface area contributed by atoms with Crippen molar-refractivity contribution in [3.63, 3.8) is 0 Å². The summed E-state index contributed by atoms with van der Waals surface area (Å²) in [5.74, 6) is -0.00178. The van der Waals surface area contributed by atoms with E-state index in [0.717, 1.165) is 24.1 Å². The monoisotopic (exact) mass is 331 g/mol. The second-order valence-corrected chi connectivity index (χ2v) is 6.91. The predicted octanol–water partition coefficient (Wildman–Crippen LogP) is 3.83. The topological polar surface area (TPSA) is 57.8 Å². The maximum absolute atomic E-state index is 12.4. The predicted molar refractivity (Wildman–Crippen MR) is 98.2 cm³/mol. The van der Waals surface area contributed by atoms with E-state index in [1.807, 2.05) is 36.5 Å². The average Bonchev–Trinajstić information content (AvgIpc) is 3.19. The third kappa shape index (κ3) is 3.63. The van der Waals surface area contributed by atoms with Gasteiger partial charge >= 0.3 is 0 Å². The second kappa shape index (κ2) is 6.55. The van der Waals surface area contributed by atoms with Crippen LogP contribution in [-0.2, 0) is 6.42 Å². The molecule has 1 heterocycles. The Kier molecular flexibility index (Phi) is 4.10. The first-order valence-electron chi connectivity index (χ1n) is 8.66. The lowest BCUT2D eigenvalue weighted by molar-refractivity contribution is 0.0944. The van der Waals surface area contributed by atoms with Crippen LogP contribution in [0.3, 0.4) is 0 Å². The molecule has 1 saturated carbocycles. The van der Waals surface area contributed by atoms with Gasteiger partial charge < -0.3 is 5.32 Å². The summed E-state index contributed by atoms with van der Waals surface area (Å²) in [6.07, 6.45) is 7.02. The Morgan fingerprint density at radius 3 is 2.44 bits per heavy atom. The molecule has 2 N–H and O–H groups in total. The molecule has 0 atom stereocenters. The zero-order valence-electron chi connectivity index (χ0n) is 14.0. The van der Waals surface area contributed by atoms with Crippen LogP contribution in [0, 0.1) is 5.41 Å². The number of carbonyl (C=O) groups excluding carboxylic acids is 1. The van der Waals surface area contributed by atoms with Crippen LogP contribution in [0.25, 0.3) is 11.1 Å². The van der Waals surface area contributed by atoms with Gasteiger partial charge in [-0.15, -0.1) is 0 Å². The number of benzene rings is 2. The molecular weight excluding hydrogens is 310 g/mol. The molecule has 0 saturated heterocycles. The van der Waals surface area contributed by atoms with Crippen LogP contribution in [0.4, 0.5) is 0 Å². The van der Waals surface area contributed by atoms with Crippen molar-refractivity contribution in [2.45, 2.75) is 19.3 Å². The molecular formula is C21H21N3O. The summed E-state index contributed by atoms with van der Waals surface area (Å²) in [6, 6.07) is 18.2.